The summed E-state index contributed by atoms with van der Waals surface area (Å²) in [5, 5.41) is 0.384. The standard InChI is InChI=1S/C13H12ClFN4O2/c1-6-10(15)13(19-16)18-12(17-6)7-4-8(14)11-9(5-7)20-2-3-21-11/h4-5H,2-3,16H2,1H3,(H,17,18,19). The second-order valence-electron chi connectivity index (χ2n) is 4.42. The Morgan fingerprint density at radius 3 is 2.81 bits per heavy atom. The monoisotopic (exact) mass is 310 g/mol. The highest BCUT2D eigenvalue weighted by Gasteiger charge is 2.19. The lowest BCUT2D eigenvalue weighted by atomic mass is 10.1. The van der Waals surface area contributed by atoms with Crippen LogP contribution in [0.5, 0.6) is 11.5 Å². The zero-order chi connectivity index (χ0) is 15.0. The zero-order valence-electron chi connectivity index (χ0n) is 11.1. The minimum Gasteiger partial charge on any atom is -0.486 e. The summed E-state index contributed by atoms with van der Waals surface area (Å²) in [6, 6.07) is 3.34. The van der Waals surface area contributed by atoms with Gasteiger partial charge in [0, 0.05) is 5.56 Å². The van der Waals surface area contributed by atoms with Gasteiger partial charge in [0.15, 0.2) is 29.0 Å². The van der Waals surface area contributed by atoms with Crippen LogP contribution in [0.25, 0.3) is 11.4 Å². The fourth-order valence-electron chi connectivity index (χ4n) is 2.02. The van der Waals surface area contributed by atoms with Gasteiger partial charge in [-0.15, -0.1) is 0 Å². The van der Waals surface area contributed by atoms with Gasteiger partial charge in [-0.2, -0.15) is 0 Å². The number of ether oxygens (including phenoxy) is 2. The van der Waals surface area contributed by atoms with E-state index in [2.05, 4.69) is 15.4 Å². The molecule has 0 radical (unpaired) electrons. The number of aryl methyl sites for hydroxylation is 1. The van der Waals surface area contributed by atoms with Crippen LogP contribution in [0.1, 0.15) is 5.69 Å². The Hall–Kier alpha value is -2.12. The molecule has 3 rings (SSSR count). The topological polar surface area (TPSA) is 82.3 Å². The molecule has 0 atom stereocenters. The van der Waals surface area contributed by atoms with Crippen molar-refractivity contribution in [2.24, 2.45) is 5.84 Å². The number of hydrogen-bond acceptors (Lipinski definition) is 6. The summed E-state index contributed by atoms with van der Waals surface area (Å²) in [6.45, 7) is 2.41. The van der Waals surface area contributed by atoms with Crippen molar-refractivity contribution in [3.8, 4) is 22.9 Å². The van der Waals surface area contributed by atoms with Crippen LogP contribution in [0.4, 0.5) is 10.2 Å². The molecule has 0 fully saturated rings. The second kappa shape index (κ2) is 5.34. The minimum absolute atomic E-state index is 0.0801. The first-order valence-electron chi connectivity index (χ1n) is 6.20. The van der Waals surface area contributed by atoms with Crippen LogP contribution in [0.15, 0.2) is 12.1 Å². The van der Waals surface area contributed by atoms with Gasteiger partial charge in [-0.1, -0.05) is 11.6 Å². The number of aromatic nitrogens is 2. The van der Waals surface area contributed by atoms with Crippen molar-refractivity contribution in [2.75, 3.05) is 18.6 Å². The van der Waals surface area contributed by atoms with Gasteiger partial charge < -0.3 is 14.9 Å². The molecule has 0 aliphatic carbocycles. The highest BCUT2D eigenvalue weighted by Crippen LogP contribution is 2.40. The second-order valence-corrected chi connectivity index (χ2v) is 4.83. The van der Waals surface area contributed by atoms with E-state index in [9.17, 15) is 4.39 Å². The number of benzene rings is 1. The third kappa shape index (κ3) is 2.45. The Kier molecular flexibility index (Phi) is 3.52. The number of hydrazine groups is 1. The van der Waals surface area contributed by atoms with Gasteiger partial charge in [0.1, 0.15) is 13.2 Å². The van der Waals surface area contributed by atoms with Crippen LogP contribution in [0.2, 0.25) is 5.02 Å². The largest absolute Gasteiger partial charge is 0.486 e. The van der Waals surface area contributed by atoms with Crippen molar-refractivity contribution in [3.05, 3.63) is 28.7 Å². The third-order valence-corrected chi connectivity index (χ3v) is 3.29. The predicted octanol–water partition coefficient (Wildman–Crippen LogP) is 2.30. The number of halogens is 2. The Labute approximate surface area is 125 Å². The number of nitrogens with one attached hydrogen (secondary N) is 1. The van der Waals surface area contributed by atoms with E-state index in [1.807, 2.05) is 0 Å². The van der Waals surface area contributed by atoms with E-state index in [1.165, 1.54) is 6.92 Å². The Balaban J connectivity index is 2.13. The summed E-state index contributed by atoms with van der Waals surface area (Å²) < 4.78 is 24.7. The maximum Gasteiger partial charge on any atom is 0.187 e. The van der Waals surface area contributed by atoms with E-state index >= 15 is 0 Å². The van der Waals surface area contributed by atoms with E-state index in [-0.39, 0.29) is 11.5 Å². The molecule has 0 amide bonds. The van der Waals surface area contributed by atoms with Gasteiger partial charge in [-0.25, -0.2) is 20.2 Å². The summed E-state index contributed by atoms with van der Waals surface area (Å²) in [7, 11) is 0. The van der Waals surface area contributed by atoms with Gasteiger partial charge in [-0.05, 0) is 19.1 Å². The zero-order valence-corrected chi connectivity index (χ0v) is 11.9. The number of nitrogens with zero attached hydrogens (tertiary/aromatic N) is 2. The highest BCUT2D eigenvalue weighted by atomic mass is 35.5. The molecule has 0 bridgehead atoms. The fraction of sp³-hybridized carbons (Fsp3) is 0.231. The normalized spacial score (nSPS) is 13.1. The average molecular weight is 311 g/mol. The molecule has 3 N–H and O–H groups in total. The molecule has 21 heavy (non-hydrogen) atoms. The van der Waals surface area contributed by atoms with Crippen LogP contribution in [0, 0.1) is 12.7 Å². The predicted molar refractivity (Wildman–Crippen MR) is 76.0 cm³/mol. The lowest BCUT2D eigenvalue weighted by molar-refractivity contribution is 0.172. The first-order chi connectivity index (χ1) is 10.1. The molecule has 110 valence electrons. The van der Waals surface area contributed by atoms with Crippen LogP contribution in [-0.4, -0.2) is 23.2 Å². The van der Waals surface area contributed by atoms with E-state index in [1.54, 1.807) is 12.1 Å². The number of anilines is 1. The Morgan fingerprint density at radius 1 is 1.29 bits per heavy atom. The van der Waals surface area contributed by atoms with Gasteiger partial charge in [0.2, 0.25) is 0 Å². The van der Waals surface area contributed by atoms with Gasteiger partial charge >= 0.3 is 0 Å². The molecule has 1 aliphatic rings. The van der Waals surface area contributed by atoms with Crippen molar-refractivity contribution in [2.45, 2.75) is 6.92 Å². The molecule has 2 heterocycles. The van der Waals surface area contributed by atoms with Crippen LogP contribution in [-0.2, 0) is 0 Å². The average Bonchev–Trinajstić information content (AvgIpc) is 2.50. The molecule has 0 unspecified atom stereocenters. The van der Waals surface area contributed by atoms with Crippen LogP contribution >= 0.6 is 11.6 Å². The van der Waals surface area contributed by atoms with Crippen molar-refractivity contribution in [3.63, 3.8) is 0 Å². The smallest absolute Gasteiger partial charge is 0.187 e. The molecule has 0 saturated heterocycles. The molecule has 1 aliphatic heterocycles. The maximum absolute atomic E-state index is 13.7. The first kappa shape index (κ1) is 13.8. The molecule has 0 spiro atoms. The van der Waals surface area contributed by atoms with Crippen LogP contribution < -0.4 is 20.7 Å². The van der Waals surface area contributed by atoms with Gasteiger partial charge in [0.25, 0.3) is 0 Å². The molecule has 0 saturated carbocycles. The first-order valence-corrected chi connectivity index (χ1v) is 6.58. The number of nitrogen functional groups attached to an aromatic ring is 1. The number of rotatable bonds is 2. The number of nitrogens with two attached hydrogens (primary N) is 1. The summed E-state index contributed by atoms with van der Waals surface area (Å²) in [5.41, 5.74) is 2.97. The van der Waals surface area contributed by atoms with E-state index in [0.29, 0.717) is 41.1 Å². The number of hydrogen-bond donors (Lipinski definition) is 2. The van der Waals surface area contributed by atoms with Crippen molar-refractivity contribution < 1.29 is 13.9 Å². The maximum atomic E-state index is 13.7. The molecule has 8 heteroatoms. The molecule has 1 aromatic heterocycles. The highest BCUT2D eigenvalue weighted by molar-refractivity contribution is 6.32. The Morgan fingerprint density at radius 2 is 2.05 bits per heavy atom. The Bertz CT molecular complexity index is 711. The van der Waals surface area contributed by atoms with Gasteiger partial charge in [0.05, 0.1) is 10.7 Å². The lowest BCUT2D eigenvalue weighted by Gasteiger charge is -2.20. The lowest BCUT2D eigenvalue weighted by Crippen LogP contribution is -2.16. The van der Waals surface area contributed by atoms with Crippen molar-refractivity contribution in [1.82, 2.24) is 9.97 Å². The van der Waals surface area contributed by atoms with E-state index in [0.717, 1.165) is 0 Å². The molecule has 6 nitrogen and oxygen atoms in total. The minimum atomic E-state index is -0.593. The third-order valence-electron chi connectivity index (χ3n) is 3.01. The van der Waals surface area contributed by atoms with E-state index in [4.69, 9.17) is 26.9 Å². The summed E-state index contributed by atoms with van der Waals surface area (Å²) in [4.78, 5) is 8.14. The summed E-state index contributed by atoms with van der Waals surface area (Å²) in [6.07, 6.45) is 0. The summed E-state index contributed by atoms with van der Waals surface area (Å²) in [5.74, 6) is 5.88. The molecule has 1 aromatic carbocycles. The van der Waals surface area contributed by atoms with Crippen molar-refractivity contribution >= 4 is 17.4 Å². The van der Waals surface area contributed by atoms with Gasteiger partial charge in [-0.3, -0.25) is 0 Å². The quantitative estimate of drug-likeness (QED) is 0.654. The van der Waals surface area contributed by atoms with Crippen molar-refractivity contribution in [1.29, 1.82) is 0 Å². The number of fused-ring (bicyclic) bond motifs is 1. The summed E-state index contributed by atoms with van der Waals surface area (Å²) >= 11 is 6.17. The fourth-order valence-corrected chi connectivity index (χ4v) is 2.29. The van der Waals surface area contributed by atoms with E-state index < -0.39 is 5.82 Å². The SMILES string of the molecule is Cc1nc(-c2cc(Cl)c3c(c2)OCCO3)nc(NN)c1F. The molecule has 2 aromatic rings. The molecular weight excluding hydrogens is 299 g/mol. The molecular formula is C13H12ClFN4O2. The van der Waals surface area contributed by atoms with Crippen LogP contribution in [0.3, 0.4) is 0 Å².